The number of urea groups is 1. The SMILES string of the molecule is Cc1nnsc1CN(C)C(=O)NCCc1ccc(S(N)(=O)=O)cc1. The number of carbonyl (C=O) groups excluding carboxylic acids is 1. The molecule has 0 unspecified atom stereocenters. The fourth-order valence-corrected chi connectivity index (χ4v) is 3.18. The van der Waals surface area contributed by atoms with Crippen LogP contribution in [-0.2, 0) is 23.0 Å². The molecule has 0 atom stereocenters. The Labute approximate surface area is 144 Å². The zero-order valence-electron chi connectivity index (χ0n) is 13.4. The number of primary sulfonamides is 1. The number of amides is 2. The average molecular weight is 369 g/mol. The van der Waals surface area contributed by atoms with Gasteiger partial charge in [0.2, 0.25) is 10.0 Å². The lowest BCUT2D eigenvalue weighted by molar-refractivity contribution is 0.207. The maximum atomic E-state index is 12.0. The molecule has 0 saturated carbocycles. The summed E-state index contributed by atoms with van der Waals surface area (Å²) in [6.45, 7) is 2.76. The van der Waals surface area contributed by atoms with Gasteiger partial charge in [-0.25, -0.2) is 18.4 Å². The highest BCUT2D eigenvalue weighted by atomic mass is 32.2. The van der Waals surface area contributed by atoms with Crippen molar-refractivity contribution in [3.05, 3.63) is 40.4 Å². The Hall–Kier alpha value is -2.04. The van der Waals surface area contributed by atoms with Gasteiger partial charge in [0.15, 0.2) is 0 Å². The van der Waals surface area contributed by atoms with Gasteiger partial charge >= 0.3 is 6.03 Å². The fraction of sp³-hybridized carbons (Fsp3) is 0.357. The second kappa shape index (κ2) is 7.69. The number of nitrogens with zero attached hydrogens (tertiary/aromatic N) is 3. The smallest absolute Gasteiger partial charge is 0.317 e. The second-order valence-corrected chi connectivity index (χ2v) is 7.71. The number of aryl methyl sites for hydroxylation is 1. The molecule has 0 saturated heterocycles. The Morgan fingerprint density at radius 1 is 1.33 bits per heavy atom. The fourth-order valence-electron chi connectivity index (χ4n) is 1.98. The van der Waals surface area contributed by atoms with Crippen LogP contribution in [0.5, 0.6) is 0 Å². The molecule has 130 valence electrons. The van der Waals surface area contributed by atoms with E-state index in [1.165, 1.54) is 23.7 Å². The van der Waals surface area contributed by atoms with E-state index < -0.39 is 10.0 Å². The van der Waals surface area contributed by atoms with Crippen molar-refractivity contribution in [2.45, 2.75) is 24.8 Å². The summed E-state index contributed by atoms with van der Waals surface area (Å²) in [6, 6.07) is 6.09. The van der Waals surface area contributed by atoms with Crippen LogP contribution in [0, 0.1) is 6.92 Å². The molecule has 1 heterocycles. The van der Waals surface area contributed by atoms with E-state index in [4.69, 9.17) is 5.14 Å². The van der Waals surface area contributed by atoms with Crippen LogP contribution in [0.15, 0.2) is 29.2 Å². The van der Waals surface area contributed by atoms with Gasteiger partial charge in [0.1, 0.15) is 0 Å². The Kier molecular flexibility index (Phi) is 5.86. The number of aromatic nitrogens is 2. The van der Waals surface area contributed by atoms with E-state index in [2.05, 4.69) is 14.9 Å². The van der Waals surface area contributed by atoms with Gasteiger partial charge in [0.25, 0.3) is 0 Å². The molecule has 0 bridgehead atoms. The summed E-state index contributed by atoms with van der Waals surface area (Å²) in [5.41, 5.74) is 1.74. The minimum Gasteiger partial charge on any atom is -0.338 e. The molecule has 0 aliphatic carbocycles. The molecule has 1 aromatic carbocycles. The highest BCUT2D eigenvalue weighted by Gasteiger charge is 2.12. The van der Waals surface area contributed by atoms with Gasteiger partial charge in [0, 0.05) is 13.6 Å². The molecule has 0 aliphatic heterocycles. The zero-order chi connectivity index (χ0) is 17.7. The third-order valence-electron chi connectivity index (χ3n) is 3.41. The van der Waals surface area contributed by atoms with Gasteiger partial charge in [-0.1, -0.05) is 16.6 Å². The van der Waals surface area contributed by atoms with Crippen LogP contribution in [0.4, 0.5) is 4.79 Å². The first-order valence-electron chi connectivity index (χ1n) is 7.16. The number of hydrogen-bond acceptors (Lipinski definition) is 6. The van der Waals surface area contributed by atoms with E-state index in [-0.39, 0.29) is 10.9 Å². The maximum absolute atomic E-state index is 12.0. The maximum Gasteiger partial charge on any atom is 0.317 e. The largest absolute Gasteiger partial charge is 0.338 e. The van der Waals surface area contributed by atoms with E-state index in [1.54, 1.807) is 24.1 Å². The number of nitrogens with two attached hydrogens (primary N) is 1. The summed E-state index contributed by atoms with van der Waals surface area (Å²) in [7, 11) is -1.98. The first kappa shape index (κ1) is 18.3. The highest BCUT2D eigenvalue weighted by molar-refractivity contribution is 7.89. The molecule has 2 aromatic rings. The summed E-state index contributed by atoms with van der Waals surface area (Å²) in [4.78, 5) is 14.6. The van der Waals surface area contributed by atoms with Crippen molar-refractivity contribution in [1.82, 2.24) is 19.8 Å². The molecule has 8 nitrogen and oxygen atoms in total. The molecular formula is C14H19N5O3S2. The van der Waals surface area contributed by atoms with Crippen molar-refractivity contribution in [1.29, 1.82) is 0 Å². The molecule has 1 aromatic heterocycles. The van der Waals surface area contributed by atoms with Gasteiger partial charge in [-0.3, -0.25) is 0 Å². The van der Waals surface area contributed by atoms with Crippen LogP contribution < -0.4 is 10.5 Å². The Bertz CT molecular complexity index is 802. The molecule has 24 heavy (non-hydrogen) atoms. The summed E-state index contributed by atoms with van der Waals surface area (Å²) in [5, 5.41) is 11.8. The average Bonchev–Trinajstić information content (AvgIpc) is 2.92. The molecule has 0 radical (unpaired) electrons. The van der Waals surface area contributed by atoms with Crippen LogP contribution >= 0.6 is 11.5 Å². The van der Waals surface area contributed by atoms with Crippen molar-refractivity contribution >= 4 is 27.6 Å². The van der Waals surface area contributed by atoms with E-state index >= 15 is 0 Å². The van der Waals surface area contributed by atoms with E-state index in [0.717, 1.165) is 16.1 Å². The van der Waals surface area contributed by atoms with Gasteiger partial charge in [0.05, 0.1) is 22.0 Å². The summed E-state index contributed by atoms with van der Waals surface area (Å²) in [5.74, 6) is 0. The number of rotatable bonds is 6. The van der Waals surface area contributed by atoms with E-state index in [1.807, 2.05) is 6.92 Å². The van der Waals surface area contributed by atoms with Gasteiger partial charge < -0.3 is 10.2 Å². The lowest BCUT2D eigenvalue weighted by atomic mass is 10.1. The Balaban J connectivity index is 1.81. The Morgan fingerprint density at radius 3 is 2.54 bits per heavy atom. The second-order valence-electron chi connectivity index (χ2n) is 5.31. The summed E-state index contributed by atoms with van der Waals surface area (Å²) in [6.07, 6.45) is 0.589. The topological polar surface area (TPSA) is 118 Å². The minimum atomic E-state index is -3.68. The number of benzene rings is 1. The molecule has 2 amide bonds. The number of carbonyl (C=O) groups is 1. The molecule has 0 spiro atoms. The van der Waals surface area contributed by atoms with Crippen molar-refractivity contribution in [2.75, 3.05) is 13.6 Å². The monoisotopic (exact) mass is 369 g/mol. The number of hydrogen-bond donors (Lipinski definition) is 2. The van der Waals surface area contributed by atoms with E-state index in [0.29, 0.717) is 19.5 Å². The number of sulfonamides is 1. The van der Waals surface area contributed by atoms with Crippen LogP contribution in [0.3, 0.4) is 0 Å². The van der Waals surface area contributed by atoms with Crippen molar-refractivity contribution in [2.24, 2.45) is 5.14 Å². The predicted molar refractivity (Wildman–Crippen MR) is 91.0 cm³/mol. The summed E-state index contributed by atoms with van der Waals surface area (Å²) < 4.78 is 26.2. The normalized spacial score (nSPS) is 11.3. The molecule has 0 aliphatic rings. The Morgan fingerprint density at radius 2 is 2.00 bits per heavy atom. The van der Waals surface area contributed by atoms with Crippen LogP contribution in [0.2, 0.25) is 0 Å². The van der Waals surface area contributed by atoms with Crippen LogP contribution in [0.25, 0.3) is 0 Å². The molecule has 3 N–H and O–H groups in total. The van der Waals surface area contributed by atoms with Gasteiger partial charge in [-0.15, -0.1) is 5.10 Å². The van der Waals surface area contributed by atoms with Crippen molar-refractivity contribution in [3.63, 3.8) is 0 Å². The van der Waals surface area contributed by atoms with Crippen molar-refractivity contribution in [3.8, 4) is 0 Å². The van der Waals surface area contributed by atoms with Crippen molar-refractivity contribution < 1.29 is 13.2 Å². The van der Waals surface area contributed by atoms with E-state index in [9.17, 15) is 13.2 Å². The third-order valence-corrected chi connectivity index (χ3v) is 5.15. The quantitative estimate of drug-likeness (QED) is 0.783. The first-order valence-corrected chi connectivity index (χ1v) is 9.48. The lowest BCUT2D eigenvalue weighted by Crippen LogP contribution is -2.37. The number of nitrogens with one attached hydrogen (secondary N) is 1. The summed E-state index contributed by atoms with van der Waals surface area (Å²) >= 11 is 1.28. The van der Waals surface area contributed by atoms with Gasteiger partial charge in [-0.05, 0) is 42.6 Å². The molecule has 10 heteroatoms. The van der Waals surface area contributed by atoms with Crippen LogP contribution in [0.1, 0.15) is 16.1 Å². The first-order chi connectivity index (χ1) is 11.3. The third kappa shape index (κ3) is 4.98. The molecule has 2 rings (SSSR count). The van der Waals surface area contributed by atoms with Crippen LogP contribution in [-0.4, -0.2) is 42.5 Å². The standard InChI is InChI=1S/C14H19N5O3S2/c1-10-13(23-18-17-10)9-19(2)14(20)16-8-7-11-3-5-12(6-4-11)24(15,21)22/h3-6H,7-9H2,1-2H3,(H,16,20)(H2,15,21,22). The molecule has 0 fully saturated rings. The highest BCUT2D eigenvalue weighted by Crippen LogP contribution is 2.12. The minimum absolute atomic E-state index is 0.0727. The zero-order valence-corrected chi connectivity index (χ0v) is 15.0. The predicted octanol–water partition coefficient (Wildman–Crippen LogP) is 0.878. The van der Waals surface area contributed by atoms with Gasteiger partial charge in [-0.2, -0.15) is 0 Å². The molecular weight excluding hydrogens is 350 g/mol. The lowest BCUT2D eigenvalue weighted by Gasteiger charge is -2.17.